The van der Waals surface area contributed by atoms with Gasteiger partial charge in [0.1, 0.15) is 17.1 Å². The van der Waals surface area contributed by atoms with Crippen molar-refractivity contribution in [2.45, 2.75) is 6.42 Å². The number of benzene rings is 1. The fourth-order valence-corrected chi connectivity index (χ4v) is 2.15. The quantitative estimate of drug-likeness (QED) is 0.810. The molecule has 19 heavy (non-hydrogen) atoms. The van der Waals surface area contributed by atoms with Crippen LogP contribution in [0.1, 0.15) is 16.8 Å². The van der Waals surface area contributed by atoms with Crippen molar-refractivity contribution in [3.05, 3.63) is 36.0 Å². The number of aromatic nitrogens is 2. The van der Waals surface area contributed by atoms with E-state index < -0.39 is 0 Å². The van der Waals surface area contributed by atoms with E-state index in [0.717, 1.165) is 17.9 Å². The Hall–Kier alpha value is -2.50. The van der Waals surface area contributed by atoms with Crippen molar-refractivity contribution in [1.82, 2.24) is 10.2 Å². The number of nitrogens with two attached hydrogens (primary N) is 1. The maximum atomic E-state index is 12.5. The SMILES string of the molecule is Nc1[nH]ncc1C(=O)N1CCCOc2ccccc21. The van der Waals surface area contributed by atoms with Crippen LogP contribution in [0.15, 0.2) is 30.5 Å². The second kappa shape index (κ2) is 4.64. The van der Waals surface area contributed by atoms with Gasteiger partial charge in [0.25, 0.3) is 5.91 Å². The number of hydrogen-bond donors (Lipinski definition) is 2. The van der Waals surface area contributed by atoms with Crippen molar-refractivity contribution in [3.63, 3.8) is 0 Å². The minimum absolute atomic E-state index is 0.163. The molecule has 0 aliphatic carbocycles. The molecule has 0 fully saturated rings. The van der Waals surface area contributed by atoms with Gasteiger partial charge in [-0.05, 0) is 18.6 Å². The lowest BCUT2D eigenvalue weighted by Gasteiger charge is -2.21. The predicted molar refractivity (Wildman–Crippen MR) is 71.2 cm³/mol. The minimum Gasteiger partial charge on any atom is -0.491 e. The Bertz CT molecular complexity index is 608. The number of anilines is 2. The summed E-state index contributed by atoms with van der Waals surface area (Å²) in [5, 5.41) is 6.37. The van der Waals surface area contributed by atoms with E-state index in [1.54, 1.807) is 4.90 Å². The molecule has 0 bridgehead atoms. The molecule has 1 aliphatic heterocycles. The van der Waals surface area contributed by atoms with Crippen molar-refractivity contribution in [2.75, 3.05) is 23.8 Å². The van der Waals surface area contributed by atoms with Gasteiger partial charge in [-0.25, -0.2) is 0 Å². The van der Waals surface area contributed by atoms with Gasteiger partial charge in [-0.3, -0.25) is 9.89 Å². The van der Waals surface area contributed by atoms with Gasteiger partial charge in [-0.15, -0.1) is 0 Å². The van der Waals surface area contributed by atoms with Gasteiger partial charge in [-0.2, -0.15) is 5.10 Å². The van der Waals surface area contributed by atoms with Crippen molar-refractivity contribution in [3.8, 4) is 5.75 Å². The highest BCUT2D eigenvalue weighted by Crippen LogP contribution is 2.31. The van der Waals surface area contributed by atoms with Gasteiger partial charge in [0, 0.05) is 6.54 Å². The fourth-order valence-electron chi connectivity index (χ4n) is 2.15. The summed E-state index contributed by atoms with van der Waals surface area (Å²) in [4.78, 5) is 14.2. The number of carbonyl (C=O) groups excluding carboxylic acids is 1. The highest BCUT2D eigenvalue weighted by atomic mass is 16.5. The van der Waals surface area contributed by atoms with E-state index in [4.69, 9.17) is 10.5 Å². The van der Waals surface area contributed by atoms with Gasteiger partial charge in [0.15, 0.2) is 0 Å². The molecule has 3 rings (SSSR count). The average Bonchev–Trinajstić information content (AvgIpc) is 2.74. The number of rotatable bonds is 1. The maximum absolute atomic E-state index is 12.5. The Morgan fingerprint density at radius 3 is 3.05 bits per heavy atom. The smallest absolute Gasteiger partial charge is 0.263 e. The topological polar surface area (TPSA) is 84.2 Å². The highest BCUT2D eigenvalue weighted by Gasteiger charge is 2.25. The lowest BCUT2D eigenvalue weighted by atomic mass is 10.2. The number of nitrogens with one attached hydrogen (secondary N) is 1. The number of nitrogen functional groups attached to an aromatic ring is 1. The van der Waals surface area contributed by atoms with Gasteiger partial charge in [-0.1, -0.05) is 12.1 Å². The van der Waals surface area contributed by atoms with E-state index in [1.165, 1.54) is 6.20 Å². The third kappa shape index (κ3) is 2.01. The number of amides is 1. The average molecular weight is 258 g/mol. The molecule has 0 saturated carbocycles. The number of para-hydroxylation sites is 2. The highest BCUT2D eigenvalue weighted by molar-refractivity contribution is 6.09. The number of hydrogen-bond acceptors (Lipinski definition) is 4. The number of fused-ring (bicyclic) bond motifs is 1. The van der Waals surface area contributed by atoms with Crippen LogP contribution in [0.4, 0.5) is 11.5 Å². The van der Waals surface area contributed by atoms with Crippen LogP contribution in [0.25, 0.3) is 0 Å². The maximum Gasteiger partial charge on any atom is 0.263 e. The molecule has 1 aliphatic rings. The van der Waals surface area contributed by atoms with Crippen molar-refractivity contribution in [2.24, 2.45) is 0 Å². The van der Waals surface area contributed by atoms with Crippen LogP contribution in [0, 0.1) is 0 Å². The zero-order valence-corrected chi connectivity index (χ0v) is 10.3. The van der Waals surface area contributed by atoms with Crippen molar-refractivity contribution < 1.29 is 9.53 Å². The zero-order chi connectivity index (χ0) is 13.2. The normalized spacial score (nSPS) is 14.4. The second-order valence-electron chi connectivity index (χ2n) is 4.32. The molecule has 6 heteroatoms. The molecular weight excluding hydrogens is 244 g/mol. The van der Waals surface area contributed by atoms with Crippen LogP contribution in [0.3, 0.4) is 0 Å². The predicted octanol–water partition coefficient (Wildman–Crippen LogP) is 1.42. The molecule has 0 atom stereocenters. The molecule has 2 aromatic rings. The number of carbonyl (C=O) groups is 1. The van der Waals surface area contributed by atoms with E-state index in [-0.39, 0.29) is 11.7 Å². The summed E-state index contributed by atoms with van der Waals surface area (Å²) in [6, 6.07) is 7.50. The first kappa shape index (κ1) is 11.6. The standard InChI is InChI=1S/C13H14N4O2/c14-12-9(8-15-16-12)13(18)17-6-3-7-19-11-5-2-1-4-10(11)17/h1-2,4-5,8H,3,6-7H2,(H3,14,15,16). The van der Waals surface area contributed by atoms with Crippen LogP contribution in [-0.4, -0.2) is 29.3 Å². The molecule has 1 amide bonds. The Morgan fingerprint density at radius 2 is 2.26 bits per heavy atom. The van der Waals surface area contributed by atoms with E-state index in [2.05, 4.69) is 10.2 Å². The zero-order valence-electron chi connectivity index (χ0n) is 10.3. The lowest BCUT2D eigenvalue weighted by Crippen LogP contribution is -2.31. The Balaban J connectivity index is 2.01. The summed E-state index contributed by atoms with van der Waals surface area (Å²) in [6.07, 6.45) is 2.23. The molecule has 98 valence electrons. The van der Waals surface area contributed by atoms with E-state index >= 15 is 0 Å². The largest absolute Gasteiger partial charge is 0.491 e. The molecule has 1 aromatic carbocycles. The van der Waals surface area contributed by atoms with Gasteiger partial charge >= 0.3 is 0 Å². The summed E-state index contributed by atoms with van der Waals surface area (Å²) < 4.78 is 5.63. The van der Waals surface area contributed by atoms with E-state index in [9.17, 15) is 4.79 Å². The van der Waals surface area contributed by atoms with Crippen LogP contribution in [-0.2, 0) is 0 Å². The van der Waals surface area contributed by atoms with Crippen molar-refractivity contribution >= 4 is 17.4 Å². The third-order valence-corrected chi connectivity index (χ3v) is 3.08. The van der Waals surface area contributed by atoms with E-state index in [0.29, 0.717) is 18.7 Å². The Labute approximate surface area is 110 Å². The summed E-state index contributed by atoms with van der Waals surface area (Å²) in [5.41, 5.74) is 6.87. The third-order valence-electron chi connectivity index (χ3n) is 3.08. The molecule has 0 spiro atoms. The molecule has 2 heterocycles. The Kier molecular flexibility index (Phi) is 2.83. The molecule has 1 aromatic heterocycles. The molecule has 6 nitrogen and oxygen atoms in total. The summed E-state index contributed by atoms with van der Waals surface area (Å²) in [7, 11) is 0. The number of aromatic amines is 1. The minimum atomic E-state index is -0.163. The van der Waals surface area contributed by atoms with Crippen molar-refractivity contribution in [1.29, 1.82) is 0 Å². The molecule has 0 unspecified atom stereocenters. The van der Waals surface area contributed by atoms with Crippen LogP contribution < -0.4 is 15.4 Å². The number of nitrogens with zero attached hydrogens (tertiary/aromatic N) is 2. The number of H-pyrrole nitrogens is 1. The van der Waals surface area contributed by atoms with Gasteiger partial charge in [0.2, 0.25) is 0 Å². The molecule has 3 N–H and O–H groups in total. The van der Waals surface area contributed by atoms with Gasteiger partial charge in [0.05, 0.1) is 18.5 Å². The molecule has 0 radical (unpaired) electrons. The number of ether oxygens (including phenoxy) is 1. The van der Waals surface area contributed by atoms with Gasteiger partial charge < -0.3 is 15.4 Å². The summed E-state index contributed by atoms with van der Waals surface area (Å²) >= 11 is 0. The lowest BCUT2D eigenvalue weighted by molar-refractivity contribution is 0.0988. The first-order valence-corrected chi connectivity index (χ1v) is 6.10. The monoisotopic (exact) mass is 258 g/mol. The van der Waals surface area contributed by atoms with Crippen LogP contribution in [0.2, 0.25) is 0 Å². The first-order chi connectivity index (χ1) is 9.27. The second-order valence-corrected chi connectivity index (χ2v) is 4.32. The summed E-state index contributed by atoms with van der Waals surface area (Å²) in [5.74, 6) is 0.840. The summed E-state index contributed by atoms with van der Waals surface area (Å²) in [6.45, 7) is 1.20. The van der Waals surface area contributed by atoms with E-state index in [1.807, 2.05) is 24.3 Å². The first-order valence-electron chi connectivity index (χ1n) is 6.10. The van der Waals surface area contributed by atoms with Crippen LogP contribution in [0.5, 0.6) is 5.75 Å². The fraction of sp³-hybridized carbons (Fsp3) is 0.231. The van der Waals surface area contributed by atoms with Crippen LogP contribution >= 0.6 is 0 Å². The molecular formula is C13H14N4O2. The Morgan fingerprint density at radius 1 is 1.42 bits per heavy atom. The molecule has 0 saturated heterocycles.